The van der Waals surface area contributed by atoms with Crippen molar-refractivity contribution in [3.63, 3.8) is 0 Å². The molecule has 1 N–H and O–H groups in total. The maximum absolute atomic E-state index is 12.4. The van der Waals surface area contributed by atoms with Gasteiger partial charge in [0.25, 0.3) is 0 Å². The number of rotatable bonds is 3. The van der Waals surface area contributed by atoms with Crippen LogP contribution in [0.15, 0.2) is 12.1 Å². The molecule has 0 spiro atoms. The van der Waals surface area contributed by atoms with Gasteiger partial charge in [0.05, 0.1) is 17.4 Å². The molecule has 7 nitrogen and oxygen atoms in total. The van der Waals surface area contributed by atoms with Gasteiger partial charge >= 0.3 is 0 Å². The van der Waals surface area contributed by atoms with Gasteiger partial charge < -0.3 is 10.2 Å². The van der Waals surface area contributed by atoms with Gasteiger partial charge in [0.2, 0.25) is 5.91 Å². The number of hydrogen-bond acceptors (Lipinski definition) is 6. The third-order valence-electron chi connectivity index (χ3n) is 4.31. The zero-order valence-corrected chi connectivity index (χ0v) is 14.2. The van der Waals surface area contributed by atoms with Crippen molar-refractivity contribution in [1.29, 1.82) is 0 Å². The van der Waals surface area contributed by atoms with E-state index < -0.39 is 9.84 Å². The Balaban J connectivity index is 1.59. The molecular weight excluding hydrogens is 340 g/mol. The fourth-order valence-corrected chi connectivity index (χ4v) is 4.88. The average molecular weight is 359 g/mol. The normalized spacial score (nSPS) is 26.9. The smallest absolute Gasteiger partial charge is 0.225 e. The van der Waals surface area contributed by atoms with Crippen molar-refractivity contribution in [2.45, 2.75) is 25.3 Å². The fourth-order valence-electron chi connectivity index (χ4n) is 3.10. The van der Waals surface area contributed by atoms with E-state index in [-0.39, 0.29) is 29.4 Å². The van der Waals surface area contributed by atoms with Crippen LogP contribution in [0.3, 0.4) is 0 Å². The summed E-state index contributed by atoms with van der Waals surface area (Å²) in [5.74, 6) is 0.686. The van der Waals surface area contributed by atoms with Crippen LogP contribution in [0.1, 0.15) is 19.3 Å². The first-order valence-corrected chi connectivity index (χ1v) is 9.88. The predicted octanol–water partition coefficient (Wildman–Crippen LogP) is 0.650. The van der Waals surface area contributed by atoms with Gasteiger partial charge in [-0.05, 0) is 31.4 Å². The topological polar surface area (TPSA) is 92.3 Å². The Morgan fingerprint density at radius 1 is 1.30 bits per heavy atom. The second-order valence-corrected chi connectivity index (χ2v) is 8.72. The van der Waals surface area contributed by atoms with Crippen LogP contribution < -0.4 is 10.2 Å². The second kappa shape index (κ2) is 6.60. The number of anilines is 1. The lowest BCUT2D eigenvalue weighted by molar-refractivity contribution is -0.125. The van der Waals surface area contributed by atoms with Gasteiger partial charge in [0, 0.05) is 19.1 Å². The van der Waals surface area contributed by atoms with Crippen LogP contribution in [0.4, 0.5) is 5.82 Å². The molecule has 0 bridgehead atoms. The van der Waals surface area contributed by atoms with Gasteiger partial charge in [-0.2, -0.15) is 0 Å². The largest absolute Gasteiger partial charge is 0.354 e. The molecule has 0 radical (unpaired) electrons. The number of carbonyl (C=O) groups excluding carboxylic acids is 1. The van der Waals surface area contributed by atoms with Crippen LogP contribution >= 0.6 is 11.6 Å². The lowest BCUT2D eigenvalue weighted by Gasteiger charge is -2.33. The monoisotopic (exact) mass is 358 g/mol. The summed E-state index contributed by atoms with van der Waals surface area (Å²) in [6.45, 7) is 1.37. The highest BCUT2D eigenvalue weighted by molar-refractivity contribution is 7.91. The first-order valence-electron chi connectivity index (χ1n) is 7.68. The Morgan fingerprint density at radius 3 is 2.78 bits per heavy atom. The van der Waals surface area contributed by atoms with Crippen LogP contribution in [-0.4, -0.2) is 55.2 Å². The van der Waals surface area contributed by atoms with Gasteiger partial charge in [-0.25, -0.2) is 8.42 Å². The average Bonchev–Trinajstić information content (AvgIpc) is 2.87. The molecule has 126 valence electrons. The van der Waals surface area contributed by atoms with E-state index in [1.807, 2.05) is 4.90 Å². The number of hydrogen-bond donors (Lipinski definition) is 1. The molecule has 1 aromatic rings. The minimum Gasteiger partial charge on any atom is -0.354 e. The van der Waals surface area contributed by atoms with E-state index in [4.69, 9.17) is 11.6 Å². The van der Waals surface area contributed by atoms with Crippen LogP contribution in [-0.2, 0) is 14.6 Å². The molecule has 1 aromatic heterocycles. The number of amides is 1. The number of nitrogens with zero attached hydrogens (tertiary/aromatic N) is 3. The van der Waals surface area contributed by atoms with Crippen LogP contribution in [0, 0.1) is 5.92 Å². The van der Waals surface area contributed by atoms with Gasteiger partial charge in [-0.15, -0.1) is 10.2 Å². The Bertz CT molecular complexity index is 680. The van der Waals surface area contributed by atoms with Crippen LogP contribution in [0.2, 0.25) is 5.15 Å². The molecule has 0 saturated carbocycles. The third-order valence-corrected chi connectivity index (χ3v) is 6.28. The molecule has 1 amide bonds. The van der Waals surface area contributed by atoms with E-state index >= 15 is 0 Å². The summed E-state index contributed by atoms with van der Waals surface area (Å²) in [6, 6.07) is 3.22. The van der Waals surface area contributed by atoms with Gasteiger partial charge in [-0.1, -0.05) is 11.6 Å². The summed E-state index contributed by atoms with van der Waals surface area (Å²) >= 11 is 5.74. The van der Waals surface area contributed by atoms with E-state index in [9.17, 15) is 13.2 Å². The van der Waals surface area contributed by atoms with Crippen molar-refractivity contribution in [2.75, 3.05) is 29.5 Å². The molecule has 9 heteroatoms. The van der Waals surface area contributed by atoms with E-state index in [1.54, 1.807) is 12.1 Å². The number of aromatic nitrogens is 2. The minimum absolute atomic E-state index is 0.0534. The lowest BCUT2D eigenvalue weighted by Crippen LogP contribution is -2.46. The number of piperidine rings is 1. The van der Waals surface area contributed by atoms with Crippen LogP contribution in [0.5, 0.6) is 0 Å². The molecule has 2 atom stereocenters. The Labute approximate surface area is 140 Å². The molecule has 3 rings (SSSR count). The van der Waals surface area contributed by atoms with Gasteiger partial charge in [-0.3, -0.25) is 4.79 Å². The molecule has 2 aliphatic heterocycles. The van der Waals surface area contributed by atoms with E-state index in [1.165, 1.54) is 0 Å². The highest BCUT2D eigenvalue weighted by Gasteiger charge is 2.32. The van der Waals surface area contributed by atoms with Crippen molar-refractivity contribution in [3.8, 4) is 0 Å². The first kappa shape index (κ1) is 16.4. The highest BCUT2D eigenvalue weighted by Crippen LogP contribution is 2.22. The molecule has 0 unspecified atom stereocenters. The van der Waals surface area contributed by atoms with Crippen molar-refractivity contribution in [1.82, 2.24) is 15.5 Å². The van der Waals surface area contributed by atoms with Crippen molar-refractivity contribution >= 4 is 33.2 Å². The SMILES string of the molecule is O=C(N[C@H]1CCS(=O)(=O)C1)[C@@H]1CCCN(c2ccc(Cl)nn2)C1. The molecule has 2 aliphatic rings. The quantitative estimate of drug-likeness (QED) is 0.852. The first-order chi connectivity index (χ1) is 10.9. The van der Waals surface area contributed by atoms with E-state index in [0.717, 1.165) is 19.4 Å². The van der Waals surface area contributed by atoms with E-state index in [0.29, 0.717) is 23.9 Å². The Morgan fingerprint density at radius 2 is 2.13 bits per heavy atom. The van der Waals surface area contributed by atoms with Crippen molar-refractivity contribution < 1.29 is 13.2 Å². The molecule has 0 aromatic carbocycles. The standard InChI is InChI=1S/C14H19ClN4O3S/c15-12-3-4-13(18-17-12)19-6-1-2-10(8-19)14(20)16-11-5-7-23(21,22)9-11/h3-4,10-11H,1-2,5-9H2,(H,16,20)/t10-,11+/m1/s1. The predicted molar refractivity (Wildman–Crippen MR) is 87.2 cm³/mol. The third kappa shape index (κ3) is 4.11. The summed E-state index contributed by atoms with van der Waals surface area (Å²) < 4.78 is 23.0. The van der Waals surface area contributed by atoms with Gasteiger partial charge in [0.1, 0.15) is 0 Å². The number of sulfone groups is 1. The van der Waals surface area contributed by atoms with Crippen molar-refractivity contribution in [2.24, 2.45) is 5.92 Å². The molecular formula is C14H19ClN4O3S. The second-order valence-electron chi connectivity index (χ2n) is 6.11. The fraction of sp³-hybridized carbons (Fsp3) is 0.643. The summed E-state index contributed by atoms with van der Waals surface area (Å²) in [6.07, 6.45) is 2.18. The zero-order chi connectivity index (χ0) is 16.4. The van der Waals surface area contributed by atoms with Crippen molar-refractivity contribution in [3.05, 3.63) is 17.3 Å². The summed E-state index contributed by atoms with van der Waals surface area (Å²) in [5, 5.41) is 11.1. The highest BCUT2D eigenvalue weighted by atomic mass is 35.5. The summed E-state index contributed by atoms with van der Waals surface area (Å²) in [4.78, 5) is 14.4. The molecule has 23 heavy (non-hydrogen) atoms. The summed E-state index contributed by atoms with van der Waals surface area (Å²) in [5.41, 5.74) is 0. The van der Waals surface area contributed by atoms with E-state index in [2.05, 4.69) is 15.5 Å². The van der Waals surface area contributed by atoms with Gasteiger partial charge in [0.15, 0.2) is 20.8 Å². The molecule has 2 fully saturated rings. The molecule has 3 heterocycles. The number of nitrogens with one attached hydrogen (secondary N) is 1. The number of carbonyl (C=O) groups is 1. The number of halogens is 1. The zero-order valence-electron chi connectivity index (χ0n) is 12.6. The maximum atomic E-state index is 12.4. The Hall–Kier alpha value is -1.41. The Kier molecular flexibility index (Phi) is 4.72. The maximum Gasteiger partial charge on any atom is 0.225 e. The molecule has 2 saturated heterocycles. The van der Waals surface area contributed by atoms with Crippen LogP contribution in [0.25, 0.3) is 0 Å². The summed E-state index contributed by atoms with van der Waals surface area (Å²) in [7, 11) is -2.99. The lowest BCUT2D eigenvalue weighted by atomic mass is 9.96. The molecule has 0 aliphatic carbocycles. The minimum atomic E-state index is -2.99.